The molecular formula is C20H31N5O4. The Balaban J connectivity index is 1.66. The molecular weight excluding hydrogens is 374 g/mol. The van der Waals surface area contributed by atoms with E-state index >= 15 is 0 Å². The molecule has 2 aliphatic heterocycles. The lowest BCUT2D eigenvalue weighted by Gasteiger charge is -2.34. The van der Waals surface area contributed by atoms with E-state index in [1.54, 1.807) is 31.9 Å². The summed E-state index contributed by atoms with van der Waals surface area (Å²) >= 11 is 0. The third-order valence-corrected chi connectivity index (χ3v) is 5.23. The first-order chi connectivity index (χ1) is 13.4. The number of nitrogens with zero attached hydrogens (tertiary/aromatic N) is 3. The molecule has 2 amide bonds. The van der Waals surface area contributed by atoms with Crippen LogP contribution in [0.4, 0.5) is 10.6 Å². The summed E-state index contributed by atoms with van der Waals surface area (Å²) in [4.78, 5) is 43.8. The second kappa shape index (κ2) is 7.35. The van der Waals surface area contributed by atoms with Gasteiger partial charge in [0, 0.05) is 19.0 Å². The maximum Gasteiger partial charge on any atom is 0.408 e. The first kappa shape index (κ1) is 21.1. The first-order valence-corrected chi connectivity index (χ1v) is 9.98. The van der Waals surface area contributed by atoms with Gasteiger partial charge >= 0.3 is 6.09 Å². The first-order valence-electron chi connectivity index (χ1n) is 9.98. The Hall–Kier alpha value is -2.58. The molecule has 0 saturated carbocycles. The molecule has 2 aliphatic rings. The van der Waals surface area contributed by atoms with Gasteiger partial charge in [0.2, 0.25) is 5.91 Å². The van der Waals surface area contributed by atoms with E-state index in [0.29, 0.717) is 18.9 Å². The zero-order valence-corrected chi connectivity index (χ0v) is 18.0. The van der Waals surface area contributed by atoms with E-state index in [-0.39, 0.29) is 23.8 Å². The van der Waals surface area contributed by atoms with Gasteiger partial charge in [-0.3, -0.25) is 14.2 Å². The lowest BCUT2D eigenvalue weighted by atomic mass is 9.86. The smallest absolute Gasteiger partial charge is 0.408 e. The fraction of sp³-hybridized carbons (Fsp3) is 0.700. The maximum absolute atomic E-state index is 13.2. The summed E-state index contributed by atoms with van der Waals surface area (Å²) in [6, 6.07) is -1.08. The van der Waals surface area contributed by atoms with Gasteiger partial charge in [0.25, 0.3) is 5.91 Å². The Bertz CT molecular complexity index is 805. The zero-order chi connectivity index (χ0) is 21.6. The number of aromatic nitrogens is 2. The van der Waals surface area contributed by atoms with Crippen molar-refractivity contribution in [3.05, 3.63) is 12.5 Å². The second-order valence-corrected chi connectivity index (χ2v) is 9.89. The summed E-state index contributed by atoms with van der Waals surface area (Å²) in [5.74, 6) is 0.492. The van der Waals surface area contributed by atoms with Gasteiger partial charge in [0.05, 0.1) is 6.20 Å². The molecule has 0 radical (unpaired) electrons. The Labute approximate surface area is 171 Å². The standard InChI is InChI=1S/C20H31N5O4/c1-19(2,3)15(23-18(28)29-20(4,5)6)17(27)24-8-7-12(10-24)14-16(26)25-11-21-9-13(25)22-14/h9,11-12,14-15,22H,7-8,10H2,1-6H3,(H,23,28)/t12?,14?,15-/m0/s1. The highest BCUT2D eigenvalue weighted by atomic mass is 16.6. The minimum Gasteiger partial charge on any atom is -0.444 e. The normalized spacial score (nSPS) is 22.8. The number of alkyl carbamates (subject to hydrolysis) is 1. The zero-order valence-electron chi connectivity index (χ0n) is 18.0. The highest BCUT2D eigenvalue weighted by Crippen LogP contribution is 2.30. The van der Waals surface area contributed by atoms with Crippen LogP contribution in [0.5, 0.6) is 0 Å². The van der Waals surface area contributed by atoms with Crippen molar-refractivity contribution in [1.82, 2.24) is 19.8 Å². The van der Waals surface area contributed by atoms with Gasteiger partial charge in [-0.15, -0.1) is 0 Å². The van der Waals surface area contributed by atoms with E-state index in [4.69, 9.17) is 4.74 Å². The van der Waals surface area contributed by atoms with Crippen LogP contribution in [0.15, 0.2) is 12.5 Å². The van der Waals surface area contributed by atoms with Crippen molar-refractivity contribution in [2.24, 2.45) is 11.3 Å². The predicted molar refractivity (Wildman–Crippen MR) is 108 cm³/mol. The summed E-state index contributed by atoms with van der Waals surface area (Å²) in [7, 11) is 0. The number of hydrogen-bond acceptors (Lipinski definition) is 6. The summed E-state index contributed by atoms with van der Waals surface area (Å²) < 4.78 is 6.85. The molecule has 2 unspecified atom stereocenters. The number of rotatable bonds is 3. The maximum atomic E-state index is 13.2. The molecule has 0 bridgehead atoms. The number of imidazole rings is 1. The van der Waals surface area contributed by atoms with E-state index in [1.807, 2.05) is 20.8 Å². The van der Waals surface area contributed by atoms with Crippen molar-refractivity contribution in [3.63, 3.8) is 0 Å². The third-order valence-electron chi connectivity index (χ3n) is 5.23. The number of fused-ring (bicyclic) bond motifs is 1. The average Bonchev–Trinajstić information content (AvgIpc) is 3.27. The van der Waals surface area contributed by atoms with Crippen LogP contribution in [0.1, 0.15) is 52.8 Å². The van der Waals surface area contributed by atoms with Crippen LogP contribution in [-0.4, -0.2) is 63.1 Å². The van der Waals surface area contributed by atoms with E-state index in [1.165, 1.54) is 10.9 Å². The highest BCUT2D eigenvalue weighted by molar-refractivity contribution is 5.94. The number of anilines is 1. The molecule has 1 aromatic rings. The van der Waals surface area contributed by atoms with Crippen molar-refractivity contribution in [1.29, 1.82) is 0 Å². The van der Waals surface area contributed by atoms with Crippen LogP contribution in [0.2, 0.25) is 0 Å². The molecule has 3 rings (SSSR count). The third kappa shape index (κ3) is 4.54. The number of ether oxygens (including phenoxy) is 1. The summed E-state index contributed by atoms with van der Waals surface area (Å²) in [6.07, 6.45) is 3.23. The van der Waals surface area contributed by atoms with Gasteiger partial charge in [-0.1, -0.05) is 20.8 Å². The Morgan fingerprint density at radius 1 is 1.28 bits per heavy atom. The van der Waals surface area contributed by atoms with Gasteiger partial charge < -0.3 is 20.3 Å². The van der Waals surface area contributed by atoms with E-state index in [0.717, 1.165) is 6.42 Å². The predicted octanol–water partition coefficient (Wildman–Crippen LogP) is 2.11. The van der Waals surface area contributed by atoms with Crippen LogP contribution in [0.3, 0.4) is 0 Å². The van der Waals surface area contributed by atoms with Crippen LogP contribution in [-0.2, 0) is 9.53 Å². The van der Waals surface area contributed by atoms with Crippen molar-refractivity contribution in [2.45, 2.75) is 65.6 Å². The largest absolute Gasteiger partial charge is 0.444 e. The molecule has 160 valence electrons. The molecule has 9 nitrogen and oxygen atoms in total. The van der Waals surface area contributed by atoms with E-state index in [9.17, 15) is 14.4 Å². The number of hydrogen-bond donors (Lipinski definition) is 2. The van der Waals surface area contributed by atoms with Crippen molar-refractivity contribution < 1.29 is 19.1 Å². The lowest BCUT2D eigenvalue weighted by Crippen LogP contribution is -2.55. The highest BCUT2D eigenvalue weighted by Gasteiger charge is 2.43. The SMILES string of the molecule is CC(C)(C)OC(=O)N[C@@H](C(=O)N1CCC(C2Nc3cncn3C2=O)C1)C(C)(C)C. The minimum atomic E-state index is -0.721. The van der Waals surface area contributed by atoms with Crippen LogP contribution < -0.4 is 10.6 Å². The molecule has 3 heterocycles. The number of likely N-dealkylation sites (tertiary alicyclic amines) is 1. The molecule has 0 aromatic carbocycles. The van der Waals surface area contributed by atoms with Crippen molar-refractivity contribution in [3.8, 4) is 0 Å². The van der Waals surface area contributed by atoms with Crippen LogP contribution in [0, 0.1) is 11.3 Å². The Morgan fingerprint density at radius 2 is 1.97 bits per heavy atom. The van der Waals surface area contributed by atoms with E-state index in [2.05, 4.69) is 15.6 Å². The molecule has 0 aliphatic carbocycles. The second-order valence-electron chi connectivity index (χ2n) is 9.89. The molecule has 0 spiro atoms. The molecule has 1 saturated heterocycles. The molecule has 9 heteroatoms. The molecule has 1 aromatic heterocycles. The fourth-order valence-corrected chi connectivity index (χ4v) is 3.78. The quantitative estimate of drug-likeness (QED) is 0.798. The molecule has 29 heavy (non-hydrogen) atoms. The minimum absolute atomic E-state index is 0.00787. The van der Waals surface area contributed by atoms with Gasteiger partial charge in [0.15, 0.2) is 0 Å². The Morgan fingerprint density at radius 3 is 2.55 bits per heavy atom. The summed E-state index contributed by atoms with van der Waals surface area (Å²) in [5.41, 5.74) is -1.13. The number of carbonyl (C=O) groups is 3. The van der Waals surface area contributed by atoms with Crippen molar-refractivity contribution in [2.75, 3.05) is 18.4 Å². The van der Waals surface area contributed by atoms with Crippen LogP contribution in [0.25, 0.3) is 0 Å². The number of nitrogens with one attached hydrogen (secondary N) is 2. The van der Waals surface area contributed by atoms with Gasteiger partial charge in [-0.25, -0.2) is 9.78 Å². The number of carbonyl (C=O) groups excluding carboxylic acids is 3. The summed E-state index contributed by atoms with van der Waals surface area (Å²) in [5, 5.41) is 5.95. The van der Waals surface area contributed by atoms with Crippen LogP contribution >= 0.6 is 0 Å². The fourth-order valence-electron chi connectivity index (χ4n) is 3.78. The van der Waals surface area contributed by atoms with Gasteiger partial charge in [-0.2, -0.15) is 0 Å². The monoisotopic (exact) mass is 405 g/mol. The van der Waals surface area contributed by atoms with Gasteiger partial charge in [0.1, 0.15) is 29.8 Å². The molecule has 2 N–H and O–H groups in total. The Kier molecular flexibility index (Phi) is 5.36. The number of amides is 2. The molecule has 3 atom stereocenters. The topological polar surface area (TPSA) is 106 Å². The molecule has 1 fully saturated rings. The average molecular weight is 405 g/mol. The summed E-state index contributed by atoms with van der Waals surface area (Å²) in [6.45, 7) is 12.1. The lowest BCUT2D eigenvalue weighted by molar-refractivity contribution is -0.135. The van der Waals surface area contributed by atoms with Gasteiger partial charge in [-0.05, 0) is 32.6 Å². The van der Waals surface area contributed by atoms with Crippen molar-refractivity contribution >= 4 is 23.7 Å². The van der Waals surface area contributed by atoms with E-state index < -0.39 is 23.2 Å².